The average molecular weight is 339 g/mol. The van der Waals surface area contributed by atoms with E-state index >= 15 is 0 Å². The minimum absolute atomic E-state index is 0.355. The standard InChI is InChI=1S/C22H29NO2/c1-18-6-5-9-22(14-18)25-17-21(24)16-23-12-10-20(11-13-23)15-19-7-3-2-4-8-19/h2-9,14,20-21,24H,10-13,15-17H2,1H3/t21-/m0/s1. The third kappa shape index (κ3) is 5.87. The van der Waals surface area contributed by atoms with Gasteiger partial charge in [-0.05, 0) is 68.5 Å². The zero-order chi connectivity index (χ0) is 17.5. The van der Waals surface area contributed by atoms with E-state index in [1.54, 1.807) is 0 Å². The van der Waals surface area contributed by atoms with Crippen LogP contribution < -0.4 is 4.74 Å². The third-order valence-corrected chi connectivity index (χ3v) is 4.98. The maximum atomic E-state index is 10.3. The molecule has 134 valence electrons. The van der Waals surface area contributed by atoms with E-state index in [2.05, 4.69) is 35.2 Å². The fraction of sp³-hybridized carbons (Fsp3) is 0.455. The van der Waals surface area contributed by atoms with Gasteiger partial charge in [0, 0.05) is 6.54 Å². The number of benzene rings is 2. The fourth-order valence-electron chi connectivity index (χ4n) is 3.57. The highest BCUT2D eigenvalue weighted by Crippen LogP contribution is 2.22. The lowest BCUT2D eigenvalue weighted by Crippen LogP contribution is -2.41. The number of hydrogen-bond donors (Lipinski definition) is 1. The van der Waals surface area contributed by atoms with E-state index in [-0.39, 0.29) is 0 Å². The highest BCUT2D eigenvalue weighted by Gasteiger charge is 2.21. The first-order valence-electron chi connectivity index (χ1n) is 9.33. The summed E-state index contributed by atoms with van der Waals surface area (Å²) in [5.74, 6) is 1.60. The van der Waals surface area contributed by atoms with Gasteiger partial charge in [-0.15, -0.1) is 0 Å². The molecular formula is C22H29NO2. The van der Waals surface area contributed by atoms with Crippen molar-refractivity contribution in [2.45, 2.75) is 32.3 Å². The third-order valence-electron chi connectivity index (χ3n) is 4.98. The van der Waals surface area contributed by atoms with Gasteiger partial charge in [0.25, 0.3) is 0 Å². The SMILES string of the molecule is Cc1cccc(OC[C@@H](O)CN2CCC(Cc3ccccc3)CC2)c1. The van der Waals surface area contributed by atoms with Crippen LogP contribution >= 0.6 is 0 Å². The average Bonchev–Trinajstić information content (AvgIpc) is 2.63. The molecule has 1 heterocycles. The van der Waals surface area contributed by atoms with Gasteiger partial charge in [0.1, 0.15) is 18.5 Å². The van der Waals surface area contributed by atoms with Crippen LogP contribution in [0.2, 0.25) is 0 Å². The number of aliphatic hydroxyl groups excluding tert-OH is 1. The second kappa shape index (κ2) is 9.02. The molecule has 3 heteroatoms. The van der Waals surface area contributed by atoms with Gasteiger partial charge in [-0.25, -0.2) is 0 Å². The van der Waals surface area contributed by atoms with Gasteiger partial charge in [-0.2, -0.15) is 0 Å². The molecule has 0 unspecified atom stereocenters. The first-order valence-corrected chi connectivity index (χ1v) is 9.33. The van der Waals surface area contributed by atoms with Gasteiger partial charge in [0.05, 0.1) is 0 Å². The van der Waals surface area contributed by atoms with Gasteiger partial charge < -0.3 is 14.7 Å². The zero-order valence-electron chi connectivity index (χ0n) is 15.1. The van der Waals surface area contributed by atoms with Gasteiger partial charge in [0.2, 0.25) is 0 Å². The number of piperidine rings is 1. The summed E-state index contributed by atoms with van der Waals surface area (Å²) < 4.78 is 5.71. The van der Waals surface area contributed by atoms with Crippen LogP contribution in [0.15, 0.2) is 54.6 Å². The Labute approximate surface area is 151 Å². The monoisotopic (exact) mass is 339 g/mol. The Morgan fingerprint density at radius 3 is 2.56 bits per heavy atom. The predicted octanol–water partition coefficient (Wildman–Crippen LogP) is 3.69. The quantitative estimate of drug-likeness (QED) is 0.835. The number of likely N-dealkylation sites (tertiary alicyclic amines) is 1. The van der Waals surface area contributed by atoms with Crippen molar-refractivity contribution in [1.82, 2.24) is 4.90 Å². The molecule has 1 fully saturated rings. The number of nitrogens with zero attached hydrogens (tertiary/aromatic N) is 1. The number of aliphatic hydroxyl groups is 1. The molecule has 1 atom stereocenters. The van der Waals surface area contributed by atoms with Gasteiger partial charge in [-0.3, -0.25) is 0 Å². The summed E-state index contributed by atoms with van der Waals surface area (Å²) in [6, 6.07) is 18.7. The molecule has 3 nitrogen and oxygen atoms in total. The molecule has 1 aliphatic rings. The van der Waals surface area contributed by atoms with Crippen LogP contribution in [0.4, 0.5) is 0 Å². The summed E-state index contributed by atoms with van der Waals surface area (Å²) in [5, 5.41) is 10.3. The van der Waals surface area contributed by atoms with Crippen LogP contribution in [-0.2, 0) is 6.42 Å². The smallest absolute Gasteiger partial charge is 0.119 e. The van der Waals surface area contributed by atoms with E-state index in [1.165, 1.54) is 30.4 Å². The van der Waals surface area contributed by atoms with E-state index in [9.17, 15) is 5.11 Å². The van der Waals surface area contributed by atoms with Crippen LogP contribution in [0.3, 0.4) is 0 Å². The normalized spacial score (nSPS) is 17.4. The minimum Gasteiger partial charge on any atom is -0.491 e. The molecule has 0 amide bonds. The van der Waals surface area contributed by atoms with Crippen molar-refractivity contribution < 1.29 is 9.84 Å². The van der Waals surface area contributed by atoms with Crippen molar-refractivity contribution in [1.29, 1.82) is 0 Å². The lowest BCUT2D eigenvalue weighted by Gasteiger charge is -2.33. The summed E-state index contributed by atoms with van der Waals surface area (Å²) in [7, 11) is 0. The van der Waals surface area contributed by atoms with E-state index in [0.717, 1.165) is 24.8 Å². The Balaban J connectivity index is 1.37. The molecular weight excluding hydrogens is 310 g/mol. The van der Waals surface area contributed by atoms with Gasteiger partial charge in [-0.1, -0.05) is 42.5 Å². The number of hydrogen-bond acceptors (Lipinski definition) is 3. The Morgan fingerprint density at radius 2 is 1.84 bits per heavy atom. The Hall–Kier alpha value is -1.84. The Morgan fingerprint density at radius 1 is 1.08 bits per heavy atom. The lowest BCUT2D eigenvalue weighted by molar-refractivity contribution is 0.0550. The second-order valence-electron chi connectivity index (χ2n) is 7.22. The van der Waals surface area contributed by atoms with Crippen LogP contribution in [0.1, 0.15) is 24.0 Å². The summed E-state index contributed by atoms with van der Waals surface area (Å²) in [4.78, 5) is 2.37. The number of rotatable bonds is 7. The Bertz CT molecular complexity index is 635. The molecule has 2 aromatic carbocycles. The minimum atomic E-state index is -0.439. The van der Waals surface area contributed by atoms with Crippen molar-refractivity contribution in [3.05, 3.63) is 65.7 Å². The molecule has 0 saturated carbocycles. The lowest BCUT2D eigenvalue weighted by atomic mass is 9.90. The van der Waals surface area contributed by atoms with E-state index in [4.69, 9.17) is 4.74 Å². The summed E-state index contributed by atoms with van der Waals surface area (Å²) in [6.07, 6.45) is 3.15. The number of β-amino-alcohol motifs (C(OH)–C–C–N with tert-alkyl or cyclic N) is 1. The number of aryl methyl sites for hydroxylation is 1. The first-order chi connectivity index (χ1) is 12.2. The van der Waals surface area contributed by atoms with Crippen LogP contribution in [0.25, 0.3) is 0 Å². The molecule has 1 N–H and O–H groups in total. The fourth-order valence-corrected chi connectivity index (χ4v) is 3.57. The van der Waals surface area contributed by atoms with Gasteiger partial charge in [0.15, 0.2) is 0 Å². The maximum absolute atomic E-state index is 10.3. The van der Waals surface area contributed by atoms with E-state index in [1.807, 2.05) is 31.2 Å². The van der Waals surface area contributed by atoms with Crippen molar-refractivity contribution in [3.63, 3.8) is 0 Å². The largest absolute Gasteiger partial charge is 0.491 e. The molecule has 0 spiro atoms. The molecule has 2 aromatic rings. The van der Waals surface area contributed by atoms with E-state index < -0.39 is 6.10 Å². The van der Waals surface area contributed by atoms with Crippen LogP contribution in [0.5, 0.6) is 5.75 Å². The predicted molar refractivity (Wildman–Crippen MR) is 102 cm³/mol. The number of ether oxygens (including phenoxy) is 1. The van der Waals surface area contributed by atoms with Crippen molar-refractivity contribution >= 4 is 0 Å². The van der Waals surface area contributed by atoms with Gasteiger partial charge >= 0.3 is 0 Å². The molecule has 0 aromatic heterocycles. The van der Waals surface area contributed by atoms with Crippen LogP contribution in [0, 0.1) is 12.8 Å². The molecule has 1 aliphatic heterocycles. The van der Waals surface area contributed by atoms with Crippen LogP contribution in [-0.4, -0.2) is 42.4 Å². The molecule has 0 radical (unpaired) electrons. The van der Waals surface area contributed by atoms with Crippen molar-refractivity contribution in [2.75, 3.05) is 26.2 Å². The van der Waals surface area contributed by atoms with Crippen molar-refractivity contribution in [3.8, 4) is 5.75 Å². The summed E-state index contributed by atoms with van der Waals surface area (Å²) >= 11 is 0. The Kier molecular flexibility index (Phi) is 6.48. The van der Waals surface area contributed by atoms with Crippen molar-refractivity contribution in [2.24, 2.45) is 5.92 Å². The first kappa shape index (κ1) is 18.0. The zero-order valence-corrected chi connectivity index (χ0v) is 15.1. The molecule has 3 rings (SSSR count). The van der Waals surface area contributed by atoms with E-state index in [0.29, 0.717) is 13.2 Å². The molecule has 1 saturated heterocycles. The molecule has 25 heavy (non-hydrogen) atoms. The summed E-state index contributed by atoms with van der Waals surface area (Å²) in [5.41, 5.74) is 2.61. The maximum Gasteiger partial charge on any atom is 0.119 e. The topological polar surface area (TPSA) is 32.7 Å². The molecule has 0 bridgehead atoms. The highest BCUT2D eigenvalue weighted by molar-refractivity contribution is 5.27. The second-order valence-corrected chi connectivity index (χ2v) is 7.22. The molecule has 0 aliphatic carbocycles. The highest BCUT2D eigenvalue weighted by atomic mass is 16.5. The summed E-state index contributed by atoms with van der Waals surface area (Å²) in [6.45, 7) is 5.23.